The van der Waals surface area contributed by atoms with E-state index in [4.69, 9.17) is 5.73 Å². The van der Waals surface area contributed by atoms with Crippen molar-refractivity contribution in [1.29, 1.82) is 0 Å². The summed E-state index contributed by atoms with van der Waals surface area (Å²) in [4.78, 5) is 0. The summed E-state index contributed by atoms with van der Waals surface area (Å²) in [5, 5.41) is 0. The van der Waals surface area contributed by atoms with Gasteiger partial charge in [-0.2, -0.15) is 0 Å². The molecule has 0 aliphatic heterocycles. The molecule has 0 saturated carbocycles. The van der Waals surface area contributed by atoms with Crippen LogP contribution in [0.2, 0.25) is 0 Å². The largest absolute Gasteiger partial charge is 0.323 e. The van der Waals surface area contributed by atoms with E-state index in [9.17, 15) is 0 Å². The van der Waals surface area contributed by atoms with E-state index in [-0.39, 0.29) is 6.04 Å². The Morgan fingerprint density at radius 1 is 0.900 bits per heavy atom. The van der Waals surface area contributed by atoms with Crippen LogP contribution in [0.4, 0.5) is 0 Å². The molecule has 2 aromatic carbocycles. The Morgan fingerprint density at radius 3 is 2.05 bits per heavy atom. The first-order valence-electron chi connectivity index (χ1n) is 7.50. The Morgan fingerprint density at radius 2 is 1.50 bits per heavy atom. The zero-order chi connectivity index (χ0) is 14.5. The fourth-order valence-electron chi connectivity index (χ4n) is 2.82. The van der Waals surface area contributed by atoms with Crippen molar-refractivity contribution >= 4 is 0 Å². The van der Waals surface area contributed by atoms with Gasteiger partial charge in [-0.15, -0.1) is 0 Å². The maximum Gasteiger partial charge on any atom is 0.0367 e. The molecule has 0 bridgehead atoms. The van der Waals surface area contributed by atoms with Crippen LogP contribution in [-0.2, 0) is 0 Å². The van der Waals surface area contributed by atoms with E-state index in [1.807, 2.05) is 0 Å². The number of rotatable bonds is 5. The SMILES string of the molecule is CCC(C)C(c1ccccc1)C(N)c1ccc(C)cc1. The molecule has 106 valence electrons. The van der Waals surface area contributed by atoms with Gasteiger partial charge in [0.25, 0.3) is 0 Å². The van der Waals surface area contributed by atoms with Gasteiger partial charge < -0.3 is 5.73 Å². The molecule has 2 aromatic rings. The fourth-order valence-corrected chi connectivity index (χ4v) is 2.82. The molecule has 0 aliphatic carbocycles. The Balaban J connectivity index is 2.34. The molecule has 0 spiro atoms. The quantitative estimate of drug-likeness (QED) is 0.825. The highest BCUT2D eigenvalue weighted by Crippen LogP contribution is 2.36. The van der Waals surface area contributed by atoms with Crippen LogP contribution in [0.1, 0.15) is 48.9 Å². The standard InChI is InChI=1S/C19H25N/c1-4-15(3)18(16-8-6-5-7-9-16)19(20)17-12-10-14(2)11-13-17/h5-13,15,18-19H,4,20H2,1-3H3. The van der Waals surface area contributed by atoms with Crippen LogP contribution in [0.3, 0.4) is 0 Å². The highest BCUT2D eigenvalue weighted by atomic mass is 14.7. The van der Waals surface area contributed by atoms with Crippen molar-refractivity contribution in [1.82, 2.24) is 0 Å². The number of benzene rings is 2. The smallest absolute Gasteiger partial charge is 0.0367 e. The molecule has 3 atom stereocenters. The summed E-state index contributed by atoms with van der Waals surface area (Å²) >= 11 is 0. The lowest BCUT2D eigenvalue weighted by atomic mass is 9.78. The van der Waals surface area contributed by atoms with E-state index < -0.39 is 0 Å². The molecular weight excluding hydrogens is 242 g/mol. The summed E-state index contributed by atoms with van der Waals surface area (Å²) in [7, 11) is 0. The van der Waals surface area contributed by atoms with Gasteiger partial charge >= 0.3 is 0 Å². The molecule has 0 amide bonds. The summed E-state index contributed by atoms with van der Waals surface area (Å²) in [6.07, 6.45) is 1.14. The normalized spacial score (nSPS) is 15.6. The maximum absolute atomic E-state index is 6.60. The third kappa shape index (κ3) is 3.29. The number of aryl methyl sites for hydroxylation is 1. The predicted molar refractivity (Wildman–Crippen MR) is 86.7 cm³/mol. The van der Waals surface area contributed by atoms with Gasteiger partial charge in [-0.05, 0) is 24.0 Å². The van der Waals surface area contributed by atoms with Crippen molar-refractivity contribution in [3.8, 4) is 0 Å². The van der Waals surface area contributed by atoms with E-state index in [1.54, 1.807) is 0 Å². The lowest BCUT2D eigenvalue weighted by Gasteiger charge is -2.30. The van der Waals surface area contributed by atoms with Gasteiger partial charge in [-0.25, -0.2) is 0 Å². The minimum Gasteiger partial charge on any atom is -0.323 e. The van der Waals surface area contributed by atoms with Gasteiger partial charge in [0.1, 0.15) is 0 Å². The molecule has 2 rings (SSSR count). The Bertz CT molecular complexity index is 515. The zero-order valence-corrected chi connectivity index (χ0v) is 12.7. The van der Waals surface area contributed by atoms with E-state index in [2.05, 4.69) is 75.4 Å². The van der Waals surface area contributed by atoms with Crippen LogP contribution in [0.25, 0.3) is 0 Å². The van der Waals surface area contributed by atoms with E-state index in [1.165, 1.54) is 16.7 Å². The third-order valence-electron chi connectivity index (χ3n) is 4.29. The fraction of sp³-hybridized carbons (Fsp3) is 0.368. The first-order chi connectivity index (χ1) is 9.63. The second kappa shape index (κ2) is 6.71. The monoisotopic (exact) mass is 267 g/mol. The minimum absolute atomic E-state index is 0.0490. The molecule has 0 fully saturated rings. The minimum atomic E-state index is 0.0490. The summed E-state index contributed by atoms with van der Waals surface area (Å²) in [6, 6.07) is 19.3. The van der Waals surface area contributed by atoms with Crippen molar-refractivity contribution in [3.63, 3.8) is 0 Å². The summed E-state index contributed by atoms with van der Waals surface area (Å²) < 4.78 is 0. The molecule has 0 aliphatic rings. The topological polar surface area (TPSA) is 26.0 Å². The molecule has 0 radical (unpaired) electrons. The van der Waals surface area contributed by atoms with Crippen molar-refractivity contribution in [2.45, 2.75) is 39.2 Å². The van der Waals surface area contributed by atoms with Crippen LogP contribution in [0.15, 0.2) is 54.6 Å². The summed E-state index contributed by atoms with van der Waals surface area (Å²) in [5.74, 6) is 0.928. The molecule has 2 N–H and O–H groups in total. The van der Waals surface area contributed by atoms with E-state index >= 15 is 0 Å². The van der Waals surface area contributed by atoms with Crippen LogP contribution in [0, 0.1) is 12.8 Å². The highest BCUT2D eigenvalue weighted by molar-refractivity contribution is 5.30. The van der Waals surface area contributed by atoms with Gasteiger partial charge in [0.05, 0.1) is 0 Å². The molecule has 0 heterocycles. The second-order valence-electron chi connectivity index (χ2n) is 5.76. The average molecular weight is 267 g/mol. The molecule has 20 heavy (non-hydrogen) atoms. The molecule has 3 unspecified atom stereocenters. The van der Waals surface area contributed by atoms with Gasteiger partial charge in [0.2, 0.25) is 0 Å². The first-order valence-corrected chi connectivity index (χ1v) is 7.50. The molecule has 1 nitrogen and oxygen atoms in total. The average Bonchev–Trinajstić information content (AvgIpc) is 2.49. The number of hydrogen-bond acceptors (Lipinski definition) is 1. The molecule has 0 saturated heterocycles. The molecular formula is C19H25N. The number of nitrogens with two attached hydrogens (primary N) is 1. The maximum atomic E-state index is 6.60. The highest BCUT2D eigenvalue weighted by Gasteiger charge is 2.25. The van der Waals surface area contributed by atoms with Crippen molar-refractivity contribution in [2.75, 3.05) is 0 Å². The summed E-state index contributed by atoms with van der Waals surface area (Å²) in [5.41, 5.74) is 10.4. The van der Waals surface area contributed by atoms with Gasteiger partial charge in [-0.1, -0.05) is 80.4 Å². The Kier molecular flexibility index (Phi) is 4.97. The third-order valence-corrected chi connectivity index (χ3v) is 4.29. The van der Waals surface area contributed by atoms with Crippen LogP contribution >= 0.6 is 0 Å². The Labute approximate surface area is 122 Å². The number of hydrogen-bond donors (Lipinski definition) is 1. The zero-order valence-electron chi connectivity index (χ0n) is 12.7. The van der Waals surface area contributed by atoms with Gasteiger partial charge in [0, 0.05) is 12.0 Å². The second-order valence-corrected chi connectivity index (χ2v) is 5.76. The lowest BCUT2D eigenvalue weighted by molar-refractivity contribution is 0.388. The van der Waals surface area contributed by atoms with Crippen molar-refractivity contribution < 1.29 is 0 Å². The van der Waals surface area contributed by atoms with E-state index in [0.717, 1.165) is 6.42 Å². The van der Waals surface area contributed by atoms with Gasteiger partial charge in [-0.3, -0.25) is 0 Å². The van der Waals surface area contributed by atoms with Crippen molar-refractivity contribution in [3.05, 3.63) is 71.3 Å². The predicted octanol–water partition coefficient (Wildman–Crippen LogP) is 4.82. The van der Waals surface area contributed by atoms with Gasteiger partial charge in [0.15, 0.2) is 0 Å². The lowest BCUT2D eigenvalue weighted by Crippen LogP contribution is -2.25. The van der Waals surface area contributed by atoms with Crippen LogP contribution in [-0.4, -0.2) is 0 Å². The van der Waals surface area contributed by atoms with Crippen LogP contribution < -0.4 is 5.73 Å². The Hall–Kier alpha value is -1.60. The van der Waals surface area contributed by atoms with Crippen molar-refractivity contribution in [2.24, 2.45) is 11.7 Å². The van der Waals surface area contributed by atoms with Crippen LogP contribution in [0.5, 0.6) is 0 Å². The first kappa shape index (κ1) is 14.8. The summed E-state index contributed by atoms with van der Waals surface area (Å²) in [6.45, 7) is 6.65. The molecule has 0 aromatic heterocycles. The van der Waals surface area contributed by atoms with E-state index in [0.29, 0.717) is 11.8 Å². The molecule has 1 heteroatoms.